The molecule has 0 aliphatic heterocycles. The van der Waals surface area contributed by atoms with Gasteiger partial charge in [0.1, 0.15) is 11.5 Å². The Morgan fingerprint density at radius 3 is 2.54 bits per heavy atom. The topological polar surface area (TPSA) is 69.2 Å². The van der Waals surface area contributed by atoms with Crippen LogP contribution >= 0.6 is 0 Å². The van der Waals surface area contributed by atoms with Gasteiger partial charge in [0.05, 0.1) is 26.5 Å². The molecule has 2 rings (SSSR count). The van der Waals surface area contributed by atoms with Crippen LogP contribution in [0.15, 0.2) is 47.6 Å². The predicted molar refractivity (Wildman–Crippen MR) is 101 cm³/mol. The van der Waals surface area contributed by atoms with E-state index in [1.807, 2.05) is 36.4 Å². The summed E-state index contributed by atoms with van der Waals surface area (Å²) in [5, 5.41) is 3.76. The minimum absolute atomic E-state index is 0.572. The minimum Gasteiger partial charge on any atom is -0.493 e. The smallest absolute Gasteiger partial charge is 0.427 e. The Hall–Kier alpha value is -3.02. The molecule has 0 unspecified atom stereocenters. The van der Waals surface area contributed by atoms with Crippen molar-refractivity contribution in [3.05, 3.63) is 59.2 Å². The molecule has 0 spiro atoms. The molecule has 1 N–H and O–H groups in total. The van der Waals surface area contributed by atoms with Crippen LogP contribution in [0.25, 0.3) is 0 Å². The maximum Gasteiger partial charge on any atom is 0.427 e. The molecule has 6 heteroatoms. The number of hydrogen-bond donors (Lipinski definition) is 1. The van der Waals surface area contributed by atoms with Crippen LogP contribution in [0.3, 0.4) is 0 Å². The van der Waals surface area contributed by atoms with Crippen molar-refractivity contribution in [1.29, 1.82) is 0 Å². The number of hydrogen-bond acceptors (Lipinski definition) is 5. The quantitative estimate of drug-likeness (QED) is 0.443. The number of carbonyl (C=O) groups is 1. The van der Waals surface area contributed by atoms with Crippen molar-refractivity contribution in [2.75, 3.05) is 20.3 Å². The van der Waals surface area contributed by atoms with Gasteiger partial charge in [-0.1, -0.05) is 12.1 Å². The highest BCUT2D eigenvalue weighted by molar-refractivity contribution is 5.80. The van der Waals surface area contributed by atoms with E-state index in [-0.39, 0.29) is 0 Å². The van der Waals surface area contributed by atoms with Gasteiger partial charge >= 0.3 is 6.09 Å². The van der Waals surface area contributed by atoms with Gasteiger partial charge < -0.3 is 14.2 Å². The van der Waals surface area contributed by atoms with Crippen molar-refractivity contribution >= 4 is 12.3 Å². The first kappa shape index (κ1) is 19.3. The van der Waals surface area contributed by atoms with Crippen LogP contribution in [0.5, 0.6) is 11.5 Å². The summed E-state index contributed by atoms with van der Waals surface area (Å²) in [6, 6.07) is 13.5. The van der Waals surface area contributed by atoms with Gasteiger partial charge in [0, 0.05) is 6.42 Å². The van der Waals surface area contributed by atoms with Gasteiger partial charge in [-0.05, 0) is 60.9 Å². The van der Waals surface area contributed by atoms with Crippen LogP contribution in [0.1, 0.15) is 23.1 Å². The van der Waals surface area contributed by atoms with E-state index in [4.69, 9.17) is 9.47 Å². The minimum atomic E-state index is -0.607. The molecule has 0 aliphatic rings. The summed E-state index contributed by atoms with van der Waals surface area (Å²) in [4.78, 5) is 10.9. The highest BCUT2D eigenvalue weighted by Gasteiger charge is 2.01. The second-order valence-corrected chi connectivity index (χ2v) is 5.68. The number of rotatable bonds is 8. The normalized spacial score (nSPS) is 10.6. The number of nitrogens with zero attached hydrogens (tertiary/aromatic N) is 1. The van der Waals surface area contributed by atoms with Crippen LogP contribution in [0.2, 0.25) is 0 Å². The fraction of sp³-hybridized carbons (Fsp3) is 0.300. The van der Waals surface area contributed by atoms with Crippen LogP contribution in [-0.2, 0) is 4.74 Å². The lowest BCUT2D eigenvalue weighted by molar-refractivity contribution is 0.171. The molecule has 0 fully saturated rings. The molecule has 0 saturated carbocycles. The van der Waals surface area contributed by atoms with E-state index >= 15 is 0 Å². The molecule has 0 radical (unpaired) electrons. The van der Waals surface area contributed by atoms with Gasteiger partial charge in [0.15, 0.2) is 0 Å². The Balaban J connectivity index is 1.69. The van der Waals surface area contributed by atoms with Crippen LogP contribution in [-0.4, -0.2) is 32.6 Å². The summed E-state index contributed by atoms with van der Waals surface area (Å²) in [5.74, 6) is 1.70. The molecule has 0 saturated heterocycles. The van der Waals surface area contributed by atoms with Crippen molar-refractivity contribution in [2.24, 2.45) is 5.10 Å². The molecule has 0 heterocycles. The lowest BCUT2D eigenvalue weighted by Crippen LogP contribution is -2.16. The van der Waals surface area contributed by atoms with Crippen molar-refractivity contribution in [3.8, 4) is 11.5 Å². The molecule has 0 bridgehead atoms. The molecule has 2 aromatic carbocycles. The number of aryl methyl sites for hydroxylation is 1. The van der Waals surface area contributed by atoms with E-state index in [0.29, 0.717) is 13.2 Å². The first-order valence-electron chi connectivity index (χ1n) is 8.39. The first-order chi connectivity index (χ1) is 12.6. The molecule has 6 nitrogen and oxygen atoms in total. The van der Waals surface area contributed by atoms with E-state index in [0.717, 1.165) is 23.5 Å². The average Bonchev–Trinajstić information content (AvgIpc) is 2.65. The fourth-order valence-electron chi connectivity index (χ4n) is 2.17. The van der Waals surface area contributed by atoms with Gasteiger partial charge in [-0.15, -0.1) is 0 Å². The Bertz CT molecular complexity index is 742. The predicted octanol–water partition coefficient (Wildman–Crippen LogP) is 3.84. The summed E-state index contributed by atoms with van der Waals surface area (Å²) in [6.07, 6.45) is 1.71. The van der Waals surface area contributed by atoms with Crippen molar-refractivity contribution in [2.45, 2.75) is 20.3 Å². The maximum atomic E-state index is 10.9. The molecular weight excluding hydrogens is 332 g/mol. The zero-order chi connectivity index (χ0) is 18.8. The number of methoxy groups -OCH3 is 1. The van der Waals surface area contributed by atoms with Gasteiger partial charge in [-0.3, -0.25) is 0 Å². The lowest BCUT2D eigenvalue weighted by atomic mass is 10.1. The van der Waals surface area contributed by atoms with Crippen molar-refractivity contribution < 1.29 is 19.0 Å². The SMILES string of the molecule is COC(=O)N/N=C/c1ccc(OCCCOc2cccc(C)c2C)cc1. The summed E-state index contributed by atoms with van der Waals surface area (Å²) in [5.41, 5.74) is 5.47. The number of amides is 1. The van der Waals surface area contributed by atoms with Crippen LogP contribution in [0.4, 0.5) is 4.79 Å². The van der Waals surface area contributed by atoms with E-state index in [2.05, 4.69) is 35.2 Å². The molecule has 0 aromatic heterocycles. The summed E-state index contributed by atoms with van der Waals surface area (Å²) in [6.45, 7) is 5.31. The van der Waals surface area contributed by atoms with Gasteiger partial charge in [0.25, 0.3) is 0 Å². The van der Waals surface area contributed by atoms with Gasteiger partial charge in [-0.2, -0.15) is 5.10 Å². The largest absolute Gasteiger partial charge is 0.493 e. The third kappa shape index (κ3) is 6.12. The van der Waals surface area contributed by atoms with Crippen molar-refractivity contribution in [1.82, 2.24) is 5.43 Å². The number of hydrazone groups is 1. The van der Waals surface area contributed by atoms with Gasteiger partial charge in [-0.25, -0.2) is 10.2 Å². The number of ether oxygens (including phenoxy) is 3. The third-order valence-electron chi connectivity index (χ3n) is 3.80. The summed E-state index contributed by atoms with van der Waals surface area (Å²) < 4.78 is 15.9. The second-order valence-electron chi connectivity index (χ2n) is 5.68. The maximum absolute atomic E-state index is 10.9. The first-order valence-corrected chi connectivity index (χ1v) is 8.39. The zero-order valence-electron chi connectivity index (χ0n) is 15.3. The Morgan fingerprint density at radius 1 is 1.08 bits per heavy atom. The van der Waals surface area contributed by atoms with E-state index in [1.54, 1.807) is 0 Å². The molecule has 1 amide bonds. The van der Waals surface area contributed by atoms with Gasteiger partial charge in [0.2, 0.25) is 0 Å². The number of benzene rings is 2. The molecule has 26 heavy (non-hydrogen) atoms. The number of nitrogens with one attached hydrogen (secondary N) is 1. The number of carbonyl (C=O) groups excluding carboxylic acids is 1. The standard InChI is InChI=1S/C20H24N2O4/c1-15-6-4-7-19(16(15)2)26-13-5-12-25-18-10-8-17(9-11-18)14-21-22-20(23)24-3/h4,6-11,14H,5,12-13H2,1-3H3,(H,22,23)/b21-14+. The van der Waals surface area contributed by atoms with Crippen molar-refractivity contribution in [3.63, 3.8) is 0 Å². The Morgan fingerprint density at radius 2 is 1.81 bits per heavy atom. The zero-order valence-corrected chi connectivity index (χ0v) is 15.3. The summed E-state index contributed by atoms with van der Waals surface area (Å²) in [7, 11) is 1.28. The molecule has 2 aromatic rings. The molecule has 0 atom stereocenters. The molecule has 138 valence electrons. The van der Waals surface area contributed by atoms with E-state index in [1.165, 1.54) is 24.5 Å². The second kappa shape index (κ2) is 10.1. The summed E-state index contributed by atoms with van der Waals surface area (Å²) >= 11 is 0. The molecule has 0 aliphatic carbocycles. The fourth-order valence-corrected chi connectivity index (χ4v) is 2.17. The highest BCUT2D eigenvalue weighted by Crippen LogP contribution is 2.20. The van der Waals surface area contributed by atoms with Crippen LogP contribution < -0.4 is 14.9 Å². The highest BCUT2D eigenvalue weighted by atomic mass is 16.5. The average molecular weight is 356 g/mol. The Kier molecular flexibility index (Phi) is 7.49. The van der Waals surface area contributed by atoms with E-state index < -0.39 is 6.09 Å². The third-order valence-corrected chi connectivity index (χ3v) is 3.80. The lowest BCUT2D eigenvalue weighted by Gasteiger charge is -2.11. The Labute approximate surface area is 153 Å². The monoisotopic (exact) mass is 356 g/mol. The van der Waals surface area contributed by atoms with E-state index in [9.17, 15) is 4.79 Å². The van der Waals surface area contributed by atoms with Crippen LogP contribution in [0, 0.1) is 13.8 Å². The molecular formula is C20H24N2O4.